The number of hydrogen-bond donors (Lipinski definition) is 1. The molecule has 1 spiro atoms. The molecule has 9 nitrogen and oxygen atoms in total. The Hall–Kier alpha value is -4.12. The van der Waals surface area contributed by atoms with E-state index in [0.717, 1.165) is 9.58 Å². The van der Waals surface area contributed by atoms with E-state index in [1.54, 1.807) is 12.1 Å². The molecule has 0 aliphatic carbocycles. The van der Waals surface area contributed by atoms with Gasteiger partial charge in [0.1, 0.15) is 18.4 Å². The molecule has 4 aliphatic rings. The lowest BCUT2D eigenvalue weighted by atomic mass is 9.71. The van der Waals surface area contributed by atoms with Gasteiger partial charge in [-0.1, -0.05) is 24.3 Å². The van der Waals surface area contributed by atoms with Crippen LogP contribution in [0.2, 0.25) is 0 Å². The van der Waals surface area contributed by atoms with Crippen LogP contribution in [0.1, 0.15) is 53.2 Å². The number of likely N-dealkylation sites (tertiary alicyclic amines) is 1. The molecule has 7 rings (SSSR count). The predicted molar refractivity (Wildman–Crippen MR) is 143 cm³/mol. The summed E-state index contributed by atoms with van der Waals surface area (Å²) in [5, 5.41) is 6.12. The number of aryl methyl sites for hydroxylation is 1. The third-order valence-corrected chi connectivity index (χ3v) is 8.61. The van der Waals surface area contributed by atoms with Crippen molar-refractivity contribution in [3.05, 3.63) is 71.0 Å². The molecule has 1 N–H and O–H groups in total. The van der Waals surface area contributed by atoms with Gasteiger partial charge in [-0.2, -0.15) is 5.10 Å². The van der Waals surface area contributed by atoms with Crippen molar-refractivity contribution in [2.24, 2.45) is 6.98 Å². The molecule has 4 aliphatic heterocycles. The summed E-state index contributed by atoms with van der Waals surface area (Å²) in [4.78, 5) is 39.8. The van der Waals surface area contributed by atoms with Crippen LogP contribution >= 0.6 is 0 Å². The molecule has 2 fully saturated rings. The molecule has 1 aromatic heterocycles. The van der Waals surface area contributed by atoms with E-state index in [-0.39, 0.29) is 61.4 Å². The van der Waals surface area contributed by atoms with Crippen molar-refractivity contribution in [2.45, 2.75) is 49.7 Å². The molecule has 3 aromatic rings. The van der Waals surface area contributed by atoms with Crippen LogP contribution in [0.25, 0.3) is 11.1 Å². The fourth-order valence-corrected chi connectivity index (χ4v) is 6.43. The number of fused-ring (bicyclic) bond motifs is 4. The Morgan fingerprint density at radius 1 is 1.22 bits per heavy atom. The summed E-state index contributed by atoms with van der Waals surface area (Å²) in [6, 6.07) is 8.37. The highest BCUT2D eigenvalue weighted by molar-refractivity contribution is 6.05. The first-order chi connectivity index (χ1) is 21.6. The van der Waals surface area contributed by atoms with Crippen molar-refractivity contribution in [3.8, 4) is 16.9 Å². The number of aromatic nitrogens is 2. The number of imide groups is 1. The number of halogens is 2. The van der Waals surface area contributed by atoms with Gasteiger partial charge in [0.05, 0.1) is 24.7 Å². The van der Waals surface area contributed by atoms with Gasteiger partial charge in [-0.15, -0.1) is 0 Å². The predicted octanol–water partition coefficient (Wildman–Crippen LogP) is 3.02. The van der Waals surface area contributed by atoms with E-state index in [2.05, 4.69) is 10.4 Å². The monoisotopic (exact) mass is 566 g/mol. The molecule has 0 saturated carbocycles. The van der Waals surface area contributed by atoms with Gasteiger partial charge in [-0.25, -0.2) is 8.78 Å². The minimum absolute atomic E-state index is 0.0124. The van der Waals surface area contributed by atoms with Crippen molar-refractivity contribution < 1.29 is 34.8 Å². The molecule has 3 amide bonds. The molecule has 212 valence electrons. The molecule has 0 radical (unpaired) electrons. The summed E-state index contributed by atoms with van der Waals surface area (Å²) in [6.45, 7) is -6.06. The number of benzene rings is 2. The number of carbonyl (C=O) groups excluding carboxylic acids is 3. The third-order valence-electron chi connectivity index (χ3n) is 8.61. The maximum atomic E-state index is 16.4. The highest BCUT2D eigenvalue weighted by Crippen LogP contribution is 2.55. The minimum Gasteiger partial charge on any atom is -0.492 e. The molecular weight excluding hydrogens is 532 g/mol. The van der Waals surface area contributed by atoms with Crippen LogP contribution < -0.4 is 10.1 Å². The standard InChI is InChI=1S/C30H29F2N5O4/c1-35-14-20(12-33-35)19-4-2-3-18(11-19)13-36-10-9-29(30(31,32)16-36)17-41-26-22-15-37(24-7-8-25(38)34-27(24)39)28(40)21(22)5-6-23(26)29/h2-6,11-12,14,24H,7-10,13,15-17H2,1H3,(H,34,38,39)/t24-,29?/m0/s1/i1D3,13D2. The van der Waals surface area contributed by atoms with Crippen molar-refractivity contribution in [1.29, 1.82) is 0 Å². The van der Waals surface area contributed by atoms with Crippen molar-refractivity contribution in [1.82, 2.24) is 24.9 Å². The topological polar surface area (TPSA) is 96.8 Å². The van der Waals surface area contributed by atoms with Crippen LogP contribution in [-0.2, 0) is 35.0 Å². The van der Waals surface area contributed by atoms with Crippen LogP contribution in [0.4, 0.5) is 8.78 Å². The lowest BCUT2D eigenvalue weighted by Crippen LogP contribution is -2.58. The number of nitrogens with one attached hydrogen (secondary N) is 1. The zero-order valence-electron chi connectivity index (χ0n) is 26.8. The highest BCUT2D eigenvalue weighted by Gasteiger charge is 2.62. The first-order valence-electron chi connectivity index (χ1n) is 15.9. The van der Waals surface area contributed by atoms with Gasteiger partial charge in [0.15, 0.2) is 0 Å². The first kappa shape index (κ1) is 20.7. The van der Waals surface area contributed by atoms with E-state index in [9.17, 15) is 14.4 Å². The Balaban J connectivity index is 1.14. The molecule has 5 heterocycles. The largest absolute Gasteiger partial charge is 0.492 e. The zero-order valence-corrected chi connectivity index (χ0v) is 21.8. The normalized spacial score (nSPS) is 27.8. The number of piperidine rings is 2. The Morgan fingerprint density at radius 2 is 2.10 bits per heavy atom. The second-order valence-corrected chi connectivity index (χ2v) is 11.0. The smallest absolute Gasteiger partial charge is 0.273 e. The van der Waals surface area contributed by atoms with Crippen LogP contribution in [0.3, 0.4) is 0 Å². The number of carbonyl (C=O) groups is 3. The SMILES string of the molecule is [2H]C([2H])(c1cccc(-c2cnn(C([2H])([2H])[2H])c2)c1)N1CCC2(COc3c2ccc2c3CN([C@H]3CCC(=O)NC3=O)C2=O)C(F)(F)C1. The van der Waals surface area contributed by atoms with Gasteiger partial charge in [0.2, 0.25) is 11.8 Å². The van der Waals surface area contributed by atoms with Gasteiger partial charge < -0.3 is 9.64 Å². The van der Waals surface area contributed by atoms with Gasteiger partial charge in [-0.05, 0) is 42.6 Å². The minimum atomic E-state index is -3.43. The molecular formula is C30H29F2N5O4. The third kappa shape index (κ3) is 4.05. The zero-order chi connectivity index (χ0) is 32.8. The first-order valence-corrected chi connectivity index (χ1v) is 13.4. The number of ether oxygens (including phenoxy) is 1. The van der Waals surface area contributed by atoms with Gasteiger partial charge >= 0.3 is 0 Å². The lowest BCUT2D eigenvalue weighted by molar-refractivity contribution is -0.137. The Labute approximate surface area is 242 Å². The summed E-state index contributed by atoms with van der Waals surface area (Å²) in [5.74, 6) is -4.65. The fraction of sp³-hybridized carbons (Fsp3) is 0.400. The summed E-state index contributed by atoms with van der Waals surface area (Å²) in [5.41, 5.74) is 0.261. The number of hydrogen-bond acceptors (Lipinski definition) is 6. The molecule has 2 aromatic carbocycles. The molecule has 0 bridgehead atoms. The summed E-state index contributed by atoms with van der Waals surface area (Å²) in [7, 11) is 0. The average molecular weight is 567 g/mol. The van der Waals surface area contributed by atoms with Crippen LogP contribution in [0.15, 0.2) is 48.8 Å². The maximum Gasteiger partial charge on any atom is 0.273 e. The molecule has 1 unspecified atom stereocenters. The molecule has 2 atom stereocenters. The molecule has 11 heteroatoms. The highest BCUT2D eigenvalue weighted by atomic mass is 19.3. The van der Waals surface area contributed by atoms with E-state index in [1.165, 1.54) is 41.6 Å². The summed E-state index contributed by atoms with van der Waals surface area (Å²) < 4.78 is 79.9. The second-order valence-electron chi connectivity index (χ2n) is 11.0. The lowest BCUT2D eigenvalue weighted by Gasteiger charge is -2.44. The van der Waals surface area contributed by atoms with E-state index >= 15 is 8.78 Å². The van der Waals surface area contributed by atoms with E-state index < -0.39 is 55.1 Å². The van der Waals surface area contributed by atoms with Crippen LogP contribution in [-0.4, -0.2) is 69.0 Å². The number of nitrogens with zero attached hydrogens (tertiary/aromatic N) is 4. The summed E-state index contributed by atoms with van der Waals surface area (Å²) >= 11 is 0. The van der Waals surface area contributed by atoms with E-state index in [4.69, 9.17) is 11.6 Å². The van der Waals surface area contributed by atoms with Crippen molar-refractivity contribution >= 4 is 17.7 Å². The molecule has 41 heavy (non-hydrogen) atoms. The van der Waals surface area contributed by atoms with Crippen molar-refractivity contribution in [2.75, 3.05) is 19.7 Å². The van der Waals surface area contributed by atoms with Crippen molar-refractivity contribution in [3.63, 3.8) is 0 Å². The Morgan fingerprint density at radius 3 is 2.88 bits per heavy atom. The number of alkyl halides is 2. The maximum absolute atomic E-state index is 16.4. The average Bonchev–Trinajstić information content (AvgIpc) is 3.72. The Kier molecular flexibility index (Phi) is 4.65. The van der Waals surface area contributed by atoms with E-state index in [0.29, 0.717) is 16.7 Å². The quantitative estimate of drug-likeness (QED) is 0.488. The van der Waals surface area contributed by atoms with E-state index in [1.807, 2.05) is 0 Å². The summed E-state index contributed by atoms with van der Waals surface area (Å²) in [6.07, 6.45) is 2.81. The van der Waals surface area contributed by atoms with Gasteiger partial charge in [0, 0.05) is 55.2 Å². The van der Waals surface area contributed by atoms with Crippen LogP contribution in [0, 0.1) is 0 Å². The molecule has 2 saturated heterocycles. The second kappa shape index (κ2) is 9.20. The number of amides is 3. The van der Waals surface area contributed by atoms with Gasteiger partial charge in [-0.3, -0.25) is 29.3 Å². The Bertz CT molecular complexity index is 1800. The van der Waals surface area contributed by atoms with Gasteiger partial charge in [0.25, 0.3) is 11.8 Å². The number of rotatable bonds is 4. The fourth-order valence-electron chi connectivity index (χ4n) is 6.43. The van der Waals surface area contributed by atoms with Crippen LogP contribution in [0.5, 0.6) is 5.75 Å².